The van der Waals surface area contributed by atoms with Gasteiger partial charge in [0.1, 0.15) is 0 Å². The van der Waals surface area contributed by atoms with Gasteiger partial charge in [-0.25, -0.2) is 0 Å². The molecule has 5 rings (SSSR count). The van der Waals surface area contributed by atoms with Crippen molar-refractivity contribution in [3.63, 3.8) is 0 Å². The quantitative estimate of drug-likeness (QED) is 0.445. The Morgan fingerprint density at radius 2 is 1.57 bits per heavy atom. The smallest absolute Gasteiger partial charge is 0.0976 e. The van der Waals surface area contributed by atoms with Crippen molar-refractivity contribution >= 4 is 28.5 Å². The van der Waals surface area contributed by atoms with Gasteiger partial charge in [-0.15, -0.1) is 0 Å². The molecule has 1 aliphatic heterocycles. The highest BCUT2D eigenvalue weighted by Gasteiger charge is 2.25. The number of nitrogens with zero attached hydrogens (tertiary/aromatic N) is 3. The molecular weight excluding hydrogens is 342 g/mol. The summed E-state index contributed by atoms with van der Waals surface area (Å²) >= 11 is 0. The van der Waals surface area contributed by atoms with E-state index in [2.05, 4.69) is 65.6 Å². The van der Waals surface area contributed by atoms with Crippen molar-refractivity contribution in [3.8, 4) is 0 Å². The Hall–Kier alpha value is -3.46. The highest BCUT2D eigenvalue weighted by molar-refractivity contribution is 6.00. The molecule has 0 fully saturated rings. The fourth-order valence-corrected chi connectivity index (χ4v) is 3.86. The molecule has 0 unspecified atom stereocenters. The number of pyridine rings is 1. The molecule has 0 saturated carbocycles. The topological polar surface area (TPSA) is 28.5 Å². The van der Waals surface area contributed by atoms with E-state index in [-0.39, 0.29) is 0 Å². The van der Waals surface area contributed by atoms with Crippen molar-refractivity contribution in [1.82, 2.24) is 4.98 Å². The van der Waals surface area contributed by atoms with Crippen LogP contribution in [0, 0.1) is 0 Å². The molecule has 3 nitrogen and oxygen atoms in total. The second-order valence-electron chi connectivity index (χ2n) is 7.10. The lowest BCUT2D eigenvalue weighted by Gasteiger charge is -2.21. The number of aromatic nitrogens is 1. The fraction of sp³-hybridized carbons (Fsp3) is 0.120. The zero-order chi connectivity index (χ0) is 18.8. The summed E-state index contributed by atoms with van der Waals surface area (Å²) in [5.41, 5.74) is 6.77. The number of hydrogen-bond acceptors (Lipinski definition) is 3. The Labute approximate surface area is 165 Å². The molecule has 4 aromatic rings. The molecule has 0 radical (unpaired) electrons. The van der Waals surface area contributed by atoms with Crippen LogP contribution in [-0.2, 0) is 13.0 Å². The van der Waals surface area contributed by atoms with Gasteiger partial charge in [-0.05, 0) is 17.2 Å². The zero-order valence-corrected chi connectivity index (χ0v) is 15.6. The number of para-hydroxylation sites is 1. The lowest BCUT2D eigenvalue weighted by molar-refractivity contribution is 0.834. The lowest BCUT2D eigenvalue weighted by Crippen LogP contribution is -2.19. The number of fused-ring (bicyclic) bond motifs is 2. The summed E-state index contributed by atoms with van der Waals surface area (Å²) in [6.45, 7) is 1.85. The van der Waals surface area contributed by atoms with Crippen LogP contribution in [0.3, 0.4) is 0 Å². The highest BCUT2D eigenvalue weighted by Crippen LogP contribution is 2.42. The third-order valence-electron chi connectivity index (χ3n) is 5.21. The minimum atomic E-state index is 0.877. The molecule has 0 atom stereocenters. The van der Waals surface area contributed by atoms with Crippen LogP contribution in [0.25, 0.3) is 10.9 Å². The normalized spacial score (nSPS) is 13.4. The summed E-state index contributed by atoms with van der Waals surface area (Å²) in [7, 11) is 0. The third-order valence-corrected chi connectivity index (χ3v) is 5.21. The van der Waals surface area contributed by atoms with E-state index in [9.17, 15) is 0 Å². The van der Waals surface area contributed by atoms with E-state index >= 15 is 0 Å². The molecule has 28 heavy (non-hydrogen) atoms. The number of rotatable bonds is 4. The van der Waals surface area contributed by atoms with Gasteiger partial charge in [0.15, 0.2) is 0 Å². The molecule has 3 heteroatoms. The van der Waals surface area contributed by atoms with E-state index in [0.29, 0.717) is 0 Å². The van der Waals surface area contributed by atoms with Crippen LogP contribution in [0.1, 0.15) is 16.8 Å². The summed E-state index contributed by atoms with van der Waals surface area (Å²) < 4.78 is 0. The molecule has 1 aromatic heterocycles. The van der Waals surface area contributed by atoms with E-state index in [0.717, 1.165) is 47.4 Å². The van der Waals surface area contributed by atoms with Crippen LogP contribution in [0.4, 0.5) is 11.4 Å². The molecule has 3 aromatic carbocycles. The van der Waals surface area contributed by atoms with E-state index in [1.165, 1.54) is 11.3 Å². The maximum atomic E-state index is 4.96. The Balaban J connectivity index is 1.63. The van der Waals surface area contributed by atoms with Crippen LogP contribution in [0.5, 0.6) is 0 Å². The van der Waals surface area contributed by atoms with Gasteiger partial charge < -0.3 is 4.90 Å². The highest BCUT2D eigenvalue weighted by atomic mass is 15.2. The van der Waals surface area contributed by atoms with E-state index in [1.807, 2.05) is 30.5 Å². The first-order valence-electron chi connectivity index (χ1n) is 9.68. The minimum Gasteiger partial charge on any atom is -0.364 e. The second-order valence-corrected chi connectivity index (χ2v) is 7.10. The van der Waals surface area contributed by atoms with Gasteiger partial charge in [-0.2, -0.15) is 0 Å². The molecule has 0 spiro atoms. The second kappa shape index (κ2) is 7.28. The predicted molar refractivity (Wildman–Crippen MR) is 117 cm³/mol. The number of hydrogen-bond donors (Lipinski definition) is 0. The molecule has 0 aliphatic carbocycles. The summed E-state index contributed by atoms with van der Waals surface area (Å²) in [5, 5.41) is 1.10. The van der Waals surface area contributed by atoms with Crippen molar-refractivity contribution in [2.24, 2.45) is 4.99 Å². The molecule has 136 valence electrons. The molecule has 0 saturated heterocycles. The fourth-order valence-electron chi connectivity index (χ4n) is 3.86. The van der Waals surface area contributed by atoms with Crippen LogP contribution in [0.15, 0.2) is 89.9 Å². The lowest BCUT2D eigenvalue weighted by atomic mass is 10.1. The Bertz CT molecular complexity index is 1130. The molecule has 1 aliphatic rings. The van der Waals surface area contributed by atoms with Gasteiger partial charge in [-0.3, -0.25) is 9.98 Å². The number of benzene rings is 3. The van der Waals surface area contributed by atoms with Crippen molar-refractivity contribution in [3.05, 3.63) is 102 Å². The van der Waals surface area contributed by atoms with Crippen LogP contribution in [0.2, 0.25) is 0 Å². The summed E-state index contributed by atoms with van der Waals surface area (Å²) in [5.74, 6) is 0. The largest absolute Gasteiger partial charge is 0.364 e. The van der Waals surface area contributed by atoms with Gasteiger partial charge in [0.2, 0.25) is 0 Å². The molecule has 0 N–H and O–H groups in total. The van der Waals surface area contributed by atoms with Crippen LogP contribution >= 0.6 is 0 Å². The van der Waals surface area contributed by atoms with Gasteiger partial charge in [0.25, 0.3) is 0 Å². The van der Waals surface area contributed by atoms with Gasteiger partial charge >= 0.3 is 0 Å². The average molecular weight is 363 g/mol. The van der Waals surface area contributed by atoms with E-state index < -0.39 is 0 Å². The van der Waals surface area contributed by atoms with Crippen molar-refractivity contribution < 1.29 is 0 Å². The molecule has 2 heterocycles. The maximum absolute atomic E-state index is 4.96. The van der Waals surface area contributed by atoms with E-state index in [4.69, 9.17) is 9.98 Å². The maximum Gasteiger partial charge on any atom is 0.0976 e. The van der Waals surface area contributed by atoms with Crippen molar-refractivity contribution in [1.29, 1.82) is 0 Å². The van der Waals surface area contributed by atoms with Gasteiger partial charge in [0, 0.05) is 31.1 Å². The first-order chi connectivity index (χ1) is 13.9. The van der Waals surface area contributed by atoms with Gasteiger partial charge in [-0.1, -0.05) is 78.9 Å². The summed E-state index contributed by atoms with van der Waals surface area (Å²) in [4.78, 5) is 12.3. The summed E-state index contributed by atoms with van der Waals surface area (Å²) in [6.07, 6.45) is 2.92. The Kier molecular flexibility index (Phi) is 4.34. The van der Waals surface area contributed by atoms with Gasteiger partial charge in [0.05, 0.1) is 22.6 Å². The van der Waals surface area contributed by atoms with Crippen molar-refractivity contribution in [2.45, 2.75) is 13.0 Å². The third kappa shape index (κ3) is 3.16. The predicted octanol–water partition coefficient (Wildman–Crippen LogP) is 5.55. The Morgan fingerprint density at radius 1 is 0.857 bits per heavy atom. The Morgan fingerprint density at radius 3 is 2.39 bits per heavy atom. The number of anilines is 1. The monoisotopic (exact) mass is 363 g/mol. The molecule has 0 amide bonds. The minimum absolute atomic E-state index is 0.877. The van der Waals surface area contributed by atoms with Crippen molar-refractivity contribution in [2.75, 3.05) is 11.4 Å². The standard InChI is InChI=1S/C25H21N3/c1-3-9-19(10-4-1)17-26-24-21-13-7-8-14-22(21)27-23-15-16-28(25(23)24)18-20-11-5-2-6-12-20/h1-14,17H,15-16,18H2/b26-17-. The molecular formula is C25H21N3. The first kappa shape index (κ1) is 16.7. The molecule has 0 bridgehead atoms. The summed E-state index contributed by atoms with van der Waals surface area (Å²) in [6, 6.07) is 29.2. The number of aliphatic imine (C=N–C) groups is 1. The van der Waals surface area contributed by atoms with Crippen LogP contribution in [-0.4, -0.2) is 17.7 Å². The zero-order valence-electron chi connectivity index (χ0n) is 15.6. The first-order valence-corrected chi connectivity index (χ1v) is 9.68. The van der Waals surface area contributed by atoms with Crippen LogP contribution < -0.4 is 4.90 Å². The average Bonchev–Trinajstić information content (AvgIpc) is 3.15. The van der Waals surface area contributed by atoms with E-state index in [1.54, 1.807) is 0 Å². The SMILES string of the molecule is C(=N/c1c2c(nc3ccccc13)CCN2Cc1ccccc1)/c1ccccc1.